The Bertz CT molecular complexity index is 462. The third kappa shape index (κ3) is 2.80. The normalized spacial score (nSPS) is 18.2. The van der Waals surface area contributed by atoms with Gasteiger partial charge < -0.3 is 10.6 Å². The summed E-state index contributed by atoms with van der Waals surface area (Å²) in [7, 11) is 0. The first kappa shape index (κ1) is 14.8. The number of amides is 1. The van der Waals surface area contributed by atoms with Crippen molar-refractivity contribution in [3.8, 4) is 0 Å². The summed E-state index contributed by atoms with van der Waals surface area (Å²) in [5.41, 5.74) is 6.89. The molecule has 0 spiro atoms. The SMILES string of the molecule is CCC(C)N1CCN(C(=O)c2c(N)cnn2CC)CC1. The van der Waals surface area contributed by atoms with Crippen LogP contribution in [0.15, 0.2) is 6.20 Å². The molecule has 2 heterocycles. The van der Waals surface area contributed by atoms with Crippen molar-refractivity contribution in [2.24, 2.45) is 0 Å². The van der Waals surface area contributed by atoms with Gasteiger partial charge in [-0.2, -0.15) is 5.10 Å². The van der Waals surface area contributed by atoms with E-state index in [1.165, 1.54) is 0 Å². The van der Waals surface area contributed by atoms with Crippen molar-refractivity contribution >= 4 is 11.6 Å². The van der Waals surface area contributed by atoms with Crippen molar-refractivity contribution < 1.29 is 4.79 Å². The van der Waals surface area contributed by atoms with Crippen LogP contribution >= 0.6 is 0 Å². The predicted molar refractivity (Wildman–Crippen MR) is 79.5 cm³/mol. The maximum Gasteiger partial charge on any atom is 0.274 e. The fourth-order valence-electron chi connectivity index (χ4n) is 2.65. The van der Waals surface area contributed by atoms with Crippen LogP contribution in [-0.2, 0) is 6.54 Å². The number of rotatable bonds is 4. The molecule has 2 rings (SSSR count). The molecule has 1 saturated heterocycles. The lowest BCUT2D eigenvalue weighted by Gasteiger charge is -2.37. The van der Waals surface area contributed by atoms with E-state index in [4.69, 9.17) is 5.73 Å². The molecular weight excluding hydrogens is 254 g/mol. The Kier molecular flexibility index (Phi) is 4.65. The molecule has 0 saturated carbocycles. The minimum absolute atomic E-state index is 0.00523. The van der Waals surface area contributed by atoms with E-state index in [2.05, 4.69) is 23.8 Å². The van der Waals surface area contributed by atoms with Crippen molar-refractivity contribution in [2.45, 2.75) is 39.8 Å². The van der Waals surface area contributed by atoms with E-state index >= 15 is 0 Å². The van der Waals surface area contributed by atoms with E-state index in [0.29, 0.717) is 24.0 Å². The number of piperazine rings is 1. The molecule has 1 atom stereocenters. The van der Waals surface area contributed by atoms with Crippen LogP contribution in [0.25, 0.3) is 0 Å². The van der Waals surface area contributed by atoms with Gasteiger partial charge in [-0.05, 0) is 20.3 Å². The van der Waals surface area contributed by atoms with Crippen molar-refractivity contribution in [1.82, 2.24) is 19.6 Å². The molecule has 1 amide bonds. The zero-order chi connectivity index (χ0) is 14.7. The Balaban J connectivity index is 2.03. The summed E-state index contributed by atoms with van der Waals surface area (Å²) in [5, 5.41) is 4.14. The van der Waals surface area contributed by atoms with Crippen LogP contribution < -0.4 is 5.73 Å². The number of aryl methyl sites for hydroxylation is 1. The maximum atomic E-state index is 12.6. The molecule has 20 heavy (non-hydrogen) atoms. The van der Waals surface area contributed by atoms with Gasteiger partial charge in [0.2, 0.25) is 0 Å². The average molecular weight is 279 g/mol. The van der Waals surface area contributed by atoms with Gasteiger partial charge in [0.25, 0.3) is 5.91 Å². The smallest absolute Gasteiger partial charge is 0.274 e. The minimum Gasteiger partial charge on any atom is -0.396 e. The van der Waals surface area contributed by atoms with E-state index in [-0.39, 0.29) is 5.91 Å². The highest BCUT2D eigenvalue weighted by atomic mass is 16.2. The summed E-state index contributed by atoms with van der Waals surface area (Å²) in [6, 6.07) is 0.582. The van der Waals surface area contributed by atoms with Crippen LogP contribution in [0.2, 0.25) is 0 Å². The van der Waals surface area contributed by atoms with E-state index < -0.39 is 0 Å². The molecule has 1 aromatic heterocycles. The summed E-state index contributed by atoms with van der Waals surface area (Å²) in [4.78, 5) is 16.9. The Hall–Kier alpha value is -1.56. The number of aromatic nitrogens is 2. The van der Waals surface area contributed by atoms with Gasteiger partial charge in [-0.3, -0.25) is 14.4 Å². The average Bonchev–Trinajstić information content (AvgIpc) is 2.86. The zero-order valence-electron chi connectivity index (χ0n) is 12.7. The number of nitrogens with two attached hydrogens (primary N) is 1. The zero-order valence-corrected chi connectivity index (χ0v) is 12.7. The van der Waals surface area contributed by atoms with Crippen LogP contribution in [0.1, 0.15) is 37.7 Å². The second-order valence-corrected chi connectivity index (χ2v) is 5.35. The summed E-state index contributed by atoms with van der Waals surface area (Å²) >= 11 is 0. The number of carbonyl (C=O) groups is 1. The van der Waals surface area contributed by atoms with Gasteiger partial charge in [0.15, 0.2) is 0 Å². The largest absolute Gasteiger partial charge is 0.396 e. The molecular formula is C14H25N5O. The summed E-state index contributed by atoms with van der Waals surface area (Å²) in [6.45, 7) is 10.4. The monoisotopic (exact) mass is 279 g/mol. The Labute approximate surface area is 120 Å². The third-order valence-electron chi connectivity index (χ3n) is 4.19. The predicted octanol–water partition coefficient (Wildman–Crippen LogP) is 1.04. The molecule has 6 nitrogen and oxygen atoms in total. The number of carbonyl (C=O) groups excluding carboxylic acids is 1. The van der Waals surface area contributed by atoms with Crippen LogP contribution in [0.5, 0.6) is 0 Å². The third-order valence-corrected chi connectivity index (χ3v) is 4.19. The first-order valence-electron chi connectivity index (χ1n) is 7.43. The van der Waals surface area contributed by atoms with Gasteiger partial charge in [-0.1, -0.05) is 6.92 Å². The Morgan fingerprint density at radius 3 is 2.55 bits per heavy atom. The van der Waals surface area contributed by atoms with Crippen LogP contribution in [0.4, 0.5) is 5.69 Å². The van der Waals surface area contributed by atoms with Gasteiger partial charge in [0, 0.05) is 38.8 Å². The molecule has 1 aliphatic heterocycles. The van der Waals surface area contributed by atoms with Gasteiger partial charge in [0.05, 0.1) is 11.9 Å². The van der Waals surface area contributed by atoms with Crippen LogP contribution in [0, 0.1) is 0 Å². The lowest BCUT2D eigenvalue weighted by atomic mass is 10.2. The van der Waals surface area contributed by atoms with E-state index in [0.717, 1.165) is 32.6 Å². The number of hydrogen-bond donors (Lipinski definition) is 1. The Morgan fingerprint density at radius 1 is 1.35 bits per heavy atom. The highest BCUT2D eigenvalue weighted by Gasteiger charge is 2.27. The number of hydrogen-bond acceptors (Lipinski definition) is 4. The number of nitrogens with zero attached hydrogens (tertiary/aromatic N) is 4. The van der Waals surface area contributed by atoms with Crippen LogP contribution in [0.3, 0.4) is 0 Å². The molecule has 112 valence electrons. The lowest BCUT2D eigenvalue weighted by Crippen LogP contribution is -2.51. The van der Waals surface area contributed by atoms with Crippen molar-refractivity contribution in [1.29, 1.82) is 0 Å². The molecule has 0 aliphatic carbocycles. The highest BCUT2D eigenvalue weighted by Crippen LogP contribution is 2.16. The van der Waals surface area contributed by atoms with Crippen molar-refractivity contribution in [3.05, 3.63) is 11.9 Å². The maximum absolute atomic E-state index is 12.6. The second kappa shape index (κ2) is 6.26. The summed E-state index contributed by atoms with van der Waals surface area (Å²) in [5.74, 6) is 0.00523. The molecule has 1 fully saturated rings. The molecule has 1 aromatic rings. The van der Waals surface area contributed by atoms with E-state index in [1.807, 2.05) is 11.8 Å². The molecule has 1 aliphatic rings. The summed E-state index contributed by atoms with van der Waals surface area (Å²) in [6.07, 6.45) is 2.70. The highest BCUT2D eigenvalue weighted by molar-refractivity contribution is 5.97. The van der Waals surface area contributed by atoms with Gasteiger partial charge in [0.1, 0.15) is 5.69 Å². The minimum atomic E-state index is 0.00523. The van der Waals surface area contributed by atoms with Gasteiger partial charge in [-0.15, -0.1) is 0 Å². The fourth-order valence-corrected chi connectivity index (χ4v) is 2.65. The van der Waals surface area contributed by atoms with Gasteiger partial charge in [-0.25, -0.2) is 0 Å². The van der Waals surface area contributed by atoms with Gasteiger partial charge >= 0.3 is 0 Å². The van der Waals surface area contributed by atoms with E-state index in [1.54, 1.807) is 10.9 Å². The fraction of sp³-hybridized carbons (Fsp3) is 0.714. The molecule has 0 aromatic carbocycles. The van der Waals surface area contributed by atoms with Crippen molar-refractivity contribution in [2.75, 3.05) is 31.9 Å². The molecule has 6 heteroatoms. The molecule has 0 radical (unpaired) electrons. The topological polar surface area (TPSA) is 67.4 Å². The molecule has 2 N–H and O–H groups in total. The van der Waals surface area contributed by atoms with E-state index in [9.17, 15) is 4.79 Å². The first-order chi connectivity index (χ1) is 9.58. The van der Waals surface area contributed by atoms with Crippen LogP contribution in [-0.4, -0.2) is 57.7 Å². The molecule has 1 unspecified atom stereocenters. The Morgan fingerprint density at radius 2 is 2.00 bits per heavy atom. The van der Waals surface area contributed by atoms with Crippen molar-refractivity contribution in [3.63, 3.8) is 0 Å². The lowest BCUT2D eigenvalue weighted by molar-refractivity contribution is 0.0569. The summed E-state index contributed by atoms with van der Waals surface area (Å²) < 4.78 is 1.68. The standard InChI is InChI=1S/C14H25N5O/c1-4-11(3)17-6-8-18(9-7-17)14(20)13-12(15)10-16-19(13)5-2/h10-11H,4-9,15H2,1-3H3. The number of anilines is 1. The second-order valence-electron chi connectivity index (χ2n) is 5.35. The first-order valence-corrected chi connectivity index (χ1v) is 7.43. The quantitative estimate of drug-likeness (QED) is 0.894. The molecule has 0 bridgehead atoms. The number of nitrogen functional groups attached to an aromatic ring is 1.